The monoisotopic (exact) mass is 368 g/mol. The minimum Gasteiger partial charge on any atom is -0.370 e. The maximum Gasteiger partial charge on any atom is 0.471 e. The van der Waals surface area contributed by atoms with E-state index in [1.54, 1.807) is 23.6 Å². The molecule has 9 heteroatoms. The zero-order chi connectivity index (χ0) is 18.4. The molecule has 2 N–H and O–H groups in total. The van der Waals surface area contributed by atoms with Crippen LogP contribution in [0.3, 0.4) is 0 Å². The summed E-state index contributed by atoms with van der Waals surface area (Å²) < 4.78 is 37.3. The van der Waals surface area contributed by atoms with Crippen LogP contribution in [-0.2, 0) is 4.79 Å². The molecule has 0 aromatic carbocycles. The number of halogens is 4. The molecule has 0 radical (unpaired) electrons. The fourth-order valence-corrected chi connectivity index (χ4v) is 1.90. The van der Waals surface area contributed by atoms with E-state index >= 15 is 0 Å². The molecule has 0 aliphatic carbocycles. The quantitative estimate of drug-likeness (QED) is 0.814. The maximum atomic E-state index is 12.4. The van der Waals surface area contributed by atoms with Crippen LogP contribution in [0.4, 0.5) is 24.7 Å². The van der Waals surface area contributed by atoms with Crippen LogP contribution in [0.1, 0.15) is 18.2 Å². The summed E-state index contributed by atoms with van der Waals surface area (Å²) >= 11 is 5.73. The summed E-state index contributed by atoms with van der Waals surface area (Å²) in [6, 6.07) is 4.47. The SMILES string of the molecule is CCNc1cc(C#Cc2ncc(Cl)cc2NC(=O)C(F)(F)F)ccn1. The van der Waals surface area contributed by atoms with Crippen molar-refractivity contribution in [1.29, 1.82) is 0 Å². The molecular formula is C16H12ClF3N4O. The summed E-state index contributed by atoms with van der Waals surface area (Å²) in [6.45, 7) is 2.59. The number of anilines is 2. The standard InChI is InChI=1S/C16H12ClF3N4O/c1-2-21-14-7-10(5-6-22-14)3-4-12-13(8-11(17)9-23-12)24-15(25)16(18,19)20/h5-9H,2H2,1H3,(H,21,22)(H,24,25). The third-order valence-corrected chi connectivity index (χ3v) is 3.01. The highest BCUT2D eigenvalue weighted by Crippen LogP contribution is 2.22. The normalized spacial score (nSPS) is 10.6. The van der Waals surface area contributed by atoms with Crippen molar-refractivity contribution in [3.05, 3.63) is 46.9 Å². The Morgan fingerprint density at radius 3 is 2.72 bits per heavy atom. The third kappa shape index (κ3) is 5.36. The molecule has 2 aromatic rings. The van der Waals surface area contributed by atoms with Crippen molar-refractivity contribution in [2.75, 3.05) is 17.2 Å². The number of nitrogens with one attached hydrogen (secondary N) is 2. The van der Waals surface area contributed by atoms with Gasteiger partial charge in [0.15, 0.2) is 0 Å². The van der Waals surface area contributed by atoms with Gasteiger partial charge in [-0.15, -0.1) is 0 Å². The van der Waals surface area contributed by atoms with Gasteiger partial charge >= 0.3 is 12.1 Å². The number of amides is 1. The Balaban J connectivity index is 2.32. The first-order valence-corrected chi connectivity index (χ1v) is 7.43. The summed E-state index contributed by atoms with van der Waals surface area (Å²) in [6.07, 6.45) is -2.26. The van der Waals surface area contributed by atoms with Crippen molar-refractivity contribution >= 4 is 29.0 Å². The van der Waals surface area contributed by atoms with Crippen LogP contribution in [0.2, 0.25) is 5.02 Å². The van der Waals surface area contributed by atoms with E-state index in [9.17, 15) is 18.0 Å². The van der Waals surface area contributed by atoms with Crippen LogP contribution in [0, 0.1) is 11.8 Å². The average Bonchev–Trinajstić information content (AvgIpc) is 2.54. The van der Waals surface area contributed by atoms with E-state index in [-0.39, 0.29) is 16.4 Å². The highest BCUT2D eigenvalue weighted by Gasteiger charge is 2.39. The molecule has 0 spiro atoms. The molecular weight excluding hydrogens is 357 g/mol. The summed E-state index contributed by atoms with van der Waals surface area (Å²) in [5.41, 5.74) is 0.322. The van der Waals surface area contributed by atoms with Crippen molar-refractivity contribution in [3.8, 4) is 11.8 Å². The molecule has 0 aliphatic rings. The number of nitrogens with zero attached hydrogens (tertiary/aromatic N) is 2. The molecule has 130 valence electrons. The molecule has 2 aromatic heterocycles. The first-order chi connectivity index (χ1) is 11.8. The number of alkyl halides is 3. The summed E-state index contributed by atoms with van der Waals surface area (Å²) in [4.78, 5) is 19.1. The number of rotatable bonds is 3. The predicted octanol–water partition coefficient (Wildman–Crippen LogP) is 3.46. The van der Waals surface area contributed by atoms with Crippen LogP contribution < -0.4 is 10.6 Å². The number of pyridine rings is 2. The van der Waals surface area contributed by atoms with E-state index in [0.29, 0.717) is 17.9 Å². The highest BCUT2D eigenvalue weighted by atomic mass is 35.5. The fraction of sp³-hybridized carbons (Fsp3) is 0.188. The molecule has 25 heavy (non-hydrogen) atoms. The van der Waals surface area contributed by atoms with E-state index in [1.807, 2.05) is 6.92 Å². The van der Waals surface area contributed by atoms with Crippen LogP contribution in [0.5, 0.6) is 0 Å². The number of carbonyl (C=O) groups excluding carboxylic acids is 1. The second-order valence-electron chi connectivity index (χ2n) is 4.71. The summed E-state index contributed by atoms with van der Waals surface area (Å²) in [5.74, 6) is 3.88. The lowest BCUT2D eigenvalue weighted by molar-refractivity contribution is -0.167. The number of hydrogen-bond donors (Lipinski definition) is 2. The van der Waals surface area contributed by atoms with Crippen molar-refractivity contribution < 1.29 is 18.0 Å². The van der Waals surface area contributed by atoms with Gasteiger partial charge in [-0.2, -0.15) is 13.2 Å². The molecule has 0 atom stereocenters. The zero-order valence-corrected chi connectivity index (χ0v) is 13.7. The van der Waals surface area contributed by atoms with Gasteiger partial charge in [0, 0.05) is 24.5 Å². The van der Waals surface area contributed by atoms with Crippen molar-refractivity contribution in [2.45, 2.75) is 13.1 Å². The average molecular weight is 369 g/mol. The van der Waals surface area contributed by atoms with Gasteiger partial charge in [-0.25, -0.2) is 9.97 Å². The minimum absolute atomic E-state index is 0.0381. The second-order valence-corrected chi connectivity index (χ2v) is 5.15. The van der Waals surface area contributed by atoms with E-state index < -0.39 is 12.1 Å². The lowest BCUT2D eigenvalue weighted by atomic mass is 10.2. The first-order valence-electron chi connectivity index (χ1n) is 7.05. The molecule has 2 rings (SSSR count). The topological polar surface area (TPSA) is 66.9 Å². The van der Waals surface area contributed by atoms with E-state index in [4.69, 9.17) is 11.6 Å². The molecule has 5 nitrogen and oxygen atoms in total. The van der Waals surface area contributed by atoms with Gasteiger partial charge in [0.1, 0.15) is 11.5 Å². The lowest BCUT2D eigenvalue weighted by Gasteiger charge is -2.09. The summed E-state index contributed by atoms with van der Waals surface area (Å²) in [7, 11) is 0. The Morgan fingerprint density at radius 2 is 2.04 bits per heavy atom. The van der Waals surface area contributed by atoms with Gasteiger partial charge in [-0.1, -0.05) is 17.5 Å². The smallest absolute Gasteiger partial charge is 0.370 e. The molecule has 0 unspecified atom stereocenters. The molecule has 2 heterocycles. The van der Waals surface area contributed by atoms with Crippen LogP contribution >= 0.6 is 11.6 Å². The Bertz CT molecular complexity index is 843. The minimum atomic E-state index is -5.03. The second kappa shape index (κ2) is 7.85. The zero-order valence-electron chi connectivity index (χ0n) is 12.9. The highest BCUT2D eigenvalue weighted by molar-refractivity contribution is 6.30. The Labute approximate surface area is 146 Å². The van der Waals surface area contributed by atoms with Gasteiger partial charge in [0.05, 0.1) is 10.7 Å². The number of aromatic nitrogens is 2. The molecule has 0 bridgehead atoms. The number of carbonyl (C=O) groups is 1. The van der Waals surface area contributed by atoms with E-state index in [2.05, 4.69) is 27.1 Å². The Kier molecular flexibility index (Phi) is 5.83. The van der Waals surface area contributed by atoms with E-state index in [1.165, 1.54) is 6.20 Å². The van der Waals surface area contributed by atoms with Crippen LogP contribution in [0.15, 0.2) is 30.6 Å². The maximum absolute atomic E-state index is 12.4. The lowest BCUT2D eigenvalue weighted by Crippen LogP contribution is -2.30. The third-order valence-electron chi connectivity index (χ3n) is 2.80. The molecule has 0 saturated heterocycles. The van der Waals surface area contributed by atoms with Gasteiger partial charge in [0.2, 0.25) is 0 Å². The van der Waals surface area contributed by atoms with Gasteiger partial charge in [-0.05, 0) is 31.0 Å². The fourth-order valence-electron chi connectivity index (χ4n) is 1.74. The van der Waals surface area contributed by atoms with Crippen molar-refractivity contribution in [1.82, 2.24) is 9.97 Å². The van der Waals surface area contributed by atoms with Gasteiger partial charge in [-0.3, -0.25) is 4.79 Å². The molecule has 0 fully saturated rings. The largest absolute Gasteiger partial charge is 0.471 e. The number of hydrogen-bond acceptors (Lipinski definition) is 4. The van der Waals surface area contributed by atoms with Crippen LogP contribution in [0.25, 0.3) is 0 Å². The van der Waals surface area contributed by atoms with Gasteiger partial charge < -0.3 is 10.6 Å². The Morgan fingerprint density at radius 1 is 1.28 bits per heavy atom. The summed E-state index contributed by atoms with van der Waals surface area (Å²) in [5, 5.41) is 4.81. The van der Waals surface area contributed by atoms with Crippen LogP contribution in [-0.4, -0.2) is 28.6 Å². The Hall–Kier alpha value is -2.79. The first kappa shape index (κ1) is 18.5. The molecule has 0 aliphatic heterocycles. The van der Waals surface area contributed by atoms with Crippen molar-refractivity contribution in [3.63, 3.8) is 0 Å². The van der Waals surface area contributed by atoms with Crippen molar-refractivity contribution in [2.24, 2.45) is 0 Å². The molecule has 0 saturated carbocycles. The van der Waals surface area contributed by atoms with E-state index in [0.717, 1.165) is 6.07 Å². The molecule has 1 amide bonds. The van der Waals surface area contributed by atoms with Gasteiger partial charge in [0.25, 0.3) is 0 Å². The predicted molar refractivity (Wildman–Crippen MR) is 88.3 cm³/mol.